The summed E-state index contributed by atoms with van der Waals surface area (Å²) < 4.78 is 28.5. The summed E-state index contributed by atoms with van der Waals surface area (Å²) in [6, 6.07) is 0.112. The van der Waals surface area contributed by atoms with Gasteiger partial charge in [0.25, 0.3) is 0 Å². The van der Waals surface area contributed by atoms with Crippen LogP contribution >= 0.6 is 0 Å². The number of aromatic nitrogens is 2. The summed E-state index contributed by atoms with van der Waals surface area (Å²) in [5, 5.41) is 11.1. The molecule has 0 radical (unpaired) electrons. The Morgan fingerprint density at radius 2 is 2.21 bits per heavy atom. The average molecular weight is 523 g/mol. The summed E-state index contributed by atoms with van der Waals surface area (Å²) in [5.74, 6) is -0.766. The minimum atomic E-state index is -1.31. The van der Waals surface area contributed by atoms with E-state index in [1.165, 1.54) is 29.4 Å². The van der Waals surface area contributed by atoms with Crippen LogP contribution < -0.4 is 5.32 Å². The number of carbonyl (C=O) groups is 1. The Kier molecular flexibility index (Phi) is 7.03. The third-order valence-corrected chi connectivity index (χ3v) is 8.59. The van der Waals surface area contributed by atoms with Crippen molar-refractivity contribution in [2.45, 2.75) is 63.8 Å². The second-order valence-electron chi connectivity index (χ2n) is 11.3. The molecule has 2 amide bonds. The molecule has 7 nitrogen and oxygen atoms in total. The van der Waals surface area contributed by atoms with Crippen LogP contribution in [0.1, 0.15) is 49.6 Å². The number of hydrogen-bond donors (Lipinski definition) is 2. The van der Waals surface area contributed by atoms with Crippen LogP contribution in [0.15, 0.2) is 46.8 Å². The van der Waals surface area contributed by atoms with E-state index < -0.39 is 17.9 Å². The highest BCUT2D eigenvalue weighted by Gasteiger charge is 2.34. The Labute approximate surface area is 222 Å². The maximum Gasteiger partial charge on any atom is 0.317 e. The summed E-state index contributed by atoms with van der Waals surface area (Å²) in [6.07, 6.45) is 13.7. The number of nitrogens with zero attached hydrogens (tertiary/aromatic N) is 4. The average Bonchev–Trinajstić information content (AvgIpc) is 3.34. The molecule has 2 aliphatic carbocycles. The Bertz CT molecular complexity index is 1230. The van der Waals surface area contributed by atoms with Crippen molar-refractivity contribution in [1.29, 1.82) is 0 Å². The molecule has 1 aromatic rings. The Balaban J connectivity index is 1.09. The van der Waals surface area contributed by atoms with Crippen molar-refractivity contribution in [2.75, 3.05) is 26.2 Å². The predicted octanol–water partition coefficient (Wildman–Crippen LogP) is 4.51. The van der Waals surface area contributed by atoms with E-state index in [1.54, 1.807) is 0 Å². The highest BCUT2D eigenvalue weighted by atomic mass is 19.1. The monoisotopic (exact) mass is 522 g/mol. The van der Waals surface area contributed by atoms with Gasteiger partial charge in [-0.3, -0.25) is 10.1 Å². The van der Waals surface area contributed by atoms with Crippen LogP contribution in [0.5, 0.6) is 0 Å². The highest BCUT2D eigenvalue weighted by molar-refractivity contribution is 5.77. The molecule has 0 spiro atoms. The van der Waals surface area contributed by atoms with Crippen molar-refractivity contribution < 1.29 is 13.6 Å². The summed E-state index contributed by atoms with van der Waals surface area (Å²) >= 11 is 0. The molecule has 3 aliphatic heterocycles. The van der Waals surface area contributed by atoms with E-state index in [-0.39, 0.29) is 18.1 Å². The Morgan fingerprint density at radius 1 is 1.32 bits per heavy atom. The molecule has 1 fully saturated rings. The second kappa shape index (κ2) is 10.6. The maximum atomic E-state index is 14.3. The summed E-state index contributed by atoms with van der Waals surface area (Å²) in [7, 11) is 0. The van der Waals surface area contributed by atoms with Gasteiger partial charge < -0.3 is 15.1 Å². The Morgan fingerprint density at radius 3 is 3.08 bits per heavy atom. The predicted molar refractivity (Wildman–Crippen MR) is 144 cm³/mol. The largest absolute Gasteiger partial charge is 0.334 e. The number of aromatic amines is 1. The van der Waals surface area contributed by atoms with Crippen LogP contribution in [-0.2, 0) is 13.0 Å². The van der Waals surface area contributed by atoms with Gasteiger partial charge in [-0.2, -0.15) is 5.10 Å². The van der Waals surface area contributed by atoms with E-state index >= 15 is 0 Å². The standard InChI is InChI=1S/C29H36F2N6O/c1-18-13-20(14-19-5-3-10-32-27(18)19)28-23-17-37(12-9-26(23)34-35-28)29(38)33-21-6-4-11-36(15-21)16-22-24(30)7-2-8-25(22)31/h2,5,7-8,10,14,18,21-22,24,27H,3-4,6,9,11-13,15-17H2,1H3,(H,33,38)(H,34,35). The lowest BCUT2D eigenvalue weighted by Crippen LogP contribution is -2.53. The van der Waals surface area contributed by atoms with Crippen molar-refractivity contribution in [2.24, 2.45) is 16.8 Å². The molecule has 4 heterocycles. The first-order valence-electron chi connectivity index (χ1n) is 13.9. The molecule has 2 N–H and O–H groups in total. The van der Waals surface area contributed by atoms with Crippen LogP contribution in [0, 0.1) is 11.8 Å². The van der Waals surface area contributed by atoms with Gasteiger partial charge in [0, 0.05) is 56.0 Å². The molecular formula is C29H36F2N6O. The number of rotatable bonds is 4. The van der Waals surface area contributed by atoms with Gasteiger partial charge in [-0.15, -0.1) is 0 Å². The van der Waals surface area contributed by atoms with Crippen molar-refractivity contribution in [3.05, 3.63) is 58.7 Å². The van der Waals surface area contributed by atoms with E-state index in [9.17, 15) is 13.6 Å². The van der Waals surface area contributed by atoms with Gasteiger partial charge >= 0.3 is 6.03 Å². The lowest BCUT2D eigenvalue weighted by Gasteiger charge is -2.37. The number of halogens is 2. The van der Waals surface area contributed by atoms with E-state index in [1.807, 2.05) is 11.1 Å². The molecule has 5 unspecified atom stereocenters. The van der Waals surface area contributed by atoms with Gasteiger partial charge in [0.2, 0.25) is 0 Å². The van der Waals surface area contributed by atoms with Gasteiger partial charge in [-0.05, 0) is 55.0 Å². The molecule has 38 heavy (non-hydrogen) atoms. The number of fused-ring (bicyclic) bond motifs is 2. The first kappa shape index (κ1) is 25.2. The number of allylic oxidation sites excluding steroid dienone is 5. The third kappa shape index (κ3) is 5.00. The number of urea groups is 1. The second-order valence-corrected chi connectivity index (χ2v) is 11.3. The fourth-order valence-corrected chi connectivity index (χ4v) is 6.54. The third-order valence-electron chi connectivity index (χ3n) is 8.59. The van der Waals surface area contributed by atoms with E-state index in [4.69, 9.17) is 4.99 Å². The fraction of sp³-hybridized carbons (Fsp3) is 0.552. The first-order chi connectivity index (χ1) is 18.5. The number of alkyl halides is 1. The molecule has 1 saturated heterocycles. The minimum absolute atomic E-state index is 0.0386. The molecule has 0 saturated carbocycles. The van der Waals surface area contributed by atoms with Crippen molar-refractivity contribution in [3.8, 4) is 0 Å². The van der Waals surface area contributed by atoms with Gasteiger partial charge in [-0.1, -0.05) is 25.2 Å². The zero-order valence-electron chi connectivity index (χ0n) is 21.9. The molecular weight excluding hydrogens is 486 g/mol. The van der Waals surface area contributed by atoms with E-state index in [0.29, 0.717) is 32.1 Å². The van der Waals surface area contributed by atoms with Gasteiger partial charge in [-0.25, -0.2) is 13.6 Å². The minimum Gasteiger partial charge on any atom is -0.334 e. The summed E-state index contributed by atoms with van der Waals surface area (Å²) in [5.41, 5.74) is 5.67. The number of likely N-dealkylation sites (tertiary alicyclic amines) is 1. The smallest absolute Gasteiger partial charge is 0.317 e. The van der Waals surface area contributed by atoms with E-state index in [2.05, 4.69) is 39.5 Å². The molecule has 9 heteroatoms. The fourth-order valence-electron chi connectivity index (χ4n) is 6.54. The molecule has 1 aromatic heterocycles. The molecule has 0 aromatic carbocycles. The van der Waals surface area contributed by atoms with Gasteiger partial charge in [0.05, 0.1) is 24.2 Å². The van der Waals surface area contributed by atoms with Crippen LogP contribution in [0.4, 0.5) is 13.6 Å². The van der Waals surface area contributed by atoms with Crippen LogP contribution in [-0.4, -0.2) is 76.7 Å². The topological polar surface area (TPSA) is 76.6 Å². The quantitative estimate of drug-likeness (QED) is 0.611. The molecule has 0 bridgehead atoms. The van der Waals surface area contributed by atoms with Crippen LogP contribution in [0.2, 0.25) is 0 Å². The van der Waals surface area contributed by atoms with Crippen LogP contribution in [0.3, 0.4) is 0 Å². The van der Waals surface area contributed by atoms with Crippen molar-refractivity contribution >= 4 is 17.8 Å². The maximum absolute atomic E-state index is 14.3. The summed E-state index contributed by atoms with van der Waals surface area (Å²) in [4.78, 5) is 22.0. The molecule has 6 rings (SSSR count). The number of nitrogens with one attached hydrogen (secondary N) is 2. The summed E-state index contributed by atoms with van der Waals surface area (Å²) in [6.45, 7) is 5.09. The molecule has 5 atom stereocenters. The van der Waals surface area contributed by atoms with Crippen molar-refractivity contribution in [3.63, 3.8) is 0 Å². The zero-order valence-corrected chi connectivity index (χ0v) is 21.9. The zero-order chi connectivity index (χ0) is 26.2. The number of H-pyrrole nitrogens is 1. The van der Waals surface area contributed by atoms with E-state index in [0.717, 1.165) is 55.6 Å². The lowest BCUT2D eigenvalue weighted by atomic mass is 9.80. The molecule has 5 aliphatic rings. The first-order valence-corrected chi connectivity index (χ1v) is 13.9. The number of dihydropyridines is 1. The van der Waals surface area contributed by atoms with Gasteiger partial charge in [0.15, 0.2) is 0 Å². The molecule has 202 valence electrons. The van der Waals surface area contributed by atoms with Crippen molar-refractivity contribution in [1.82, 2.24) is 25.3 Å². The number of aliphatic imine (C=N–C) groups is 1. The number of hydrogen-bond acceptors (Lipinski definition) is 4. The Hall–Kier alpha value is -3.07. The highest BCUT2D eigenvalue weighted by Crippen LogP contribution is 2.38. The number of piperidine rings is 1. The van der Waals surface area contributed by atoms with Crippen LogP contribution in [0.25, 0.3) is 5.57 Å². The number of carbonyl (C=O) groups excluding carboxylic acids is 1. The lowest BCUT2D eigenvalue weighted by molar-refractivity contribution is 0.134. The van der Waals surface area contributed by atoms with Gasteiger partial charge in [0.1, 0.15) is 12.0 Å². The number of amides is 2. The normalized spacial score (nSPS) is 31.2. The SMILES string of the molecule is CC1CC(c2n[nH]c3c2CN(C(=O)NC2CCCN(CC4C(F)=CC=CC4F)C2)CC3)=CC2=CCC=NC21.